The van der Waals surface area contributed by atoms with E-state index in [9.17, 15) is 9.59 Å². The van der Waals surface area contributed by atoms with Gasteiger partial charge in [-0.3, -0.25) is 9.59 Å². The number of nitrogens with zero attached hydrogens (tertiary/aromatic N) is 1. The highest BCUT2D eigenvalue weighted by Crippen LogP contribution is 2.30. The molecule has 0 N–H and O–H groups in total. The van der Waals surface area contributed by atoms with E-state index in [1.54, 1.807) is 30.2 Å². The number of carbonyl (C=O) groups excluding carboxylic acids is 2. The molecule has 5 heteroatoms. The van der Waals surface area contributed by atoms with Crippen LogP contribution in [0.2, 0.25) is 0 Å². The third-order valence-corrected chi connectivity index (χ3v) is 4.04. The minimum Gasteiger partial charge on any atom is -0.497 e. The number of fused-ring (bicyclic) bond motifs is 1. The summed E-state index contributed by atoms with van der Waals surface area (Å²) >= 11 is 0. The van der Waals surface area contributed by atoms with Gasteiger partial charge >= 0.3 is 0 Å². The predicted molar refractivity (Wildman–Crippen MR) is 91.0 cm³/mol. The molecule has 0 saturated carbocycles. The van der Waals surface area contributed by atoms with Crippen LogP contribution < -0.4 is 14.4 Å². The van der Waals surface area contributed by atoms with Gasteiger partial charge < -0.3 is 14.4 Å². The quantitative estimate of drug-likeness (QED) is 0.867. The van der Waals surface area contributed by atoms with E-state index in [2.05, 4.69) is 0 Å². The Labute approximate surface area is 140 Å². The van der Waals surface area contributed by atoms with Crippen LogP contribution in [-0.4, -0.2) is 32.0 Å². The number of benzene rings is 2. The summed E-state index contributed by atoms with van der Waals surface area (Å²) in [5, 5.41) is 0. The van der Waals surface area contributed by atoms with Crippen LogP contribution in [0.25, 0.3) is 0 Å². The molecule has 0 aromatic heterocycles. The molecule has 5 nitrogen and oxygen atoms in total. The first-order valence-electron chi connectivity index (χ1n) is 7.79. The molecule has 2 aromatic carbocycles. The van der Waals surface area contributed by atoms with Crippen molar-refractivity contribution in [3.63, 3.8) is 0 Å². The van der Waals surface area contributed by atoms with E-state index in [1.165, 1.54) is 0 Å². The Balaban J connectivity index is 1.75. The topological polar surface area (TPSA) is 55.8 Å². The van der Waals surface area contributed by atoms with Crippen molar-refractivity contribution in [2.75, 3.05) is 25.2 Å². The molecule has 0 bridgehead atoms. The maximum Gasteiger partial charge on any atom is 0.264 e. The smallest absolute Gasteiger partial charge is 0.264 e. The molecule has 0 saturated heterocycles. The van der Waals surface area contributed by atoms with Crippen LogP contribution in [0.4, 0.5) is 5.69 Å². The first kappa shape index (κ1) is 16.1. The lowest BCUT2D eigenvalue weighted by Gasteiger charge is -2.29. The molecule has 124 valence electrons. The minimum absolute atomic E-state index is 0.0207. The monoisotopic (exact) mass is 325 g/mol. The van der Waals surface area contributed by atoms with E-state index in [0.717, 1.165) is 5.56 Å². The Morgan fingerprint density at radius 3 is 2.54 bits per heavy atom. The summed E-state index contributed by atoms with van der Waals surface area (Å²) in [6, 6.07) is 12.7. The summed E-state index contributed by atoms with van der Waals surface area (Å²) in [5.41, 5.74) is 2.26. The molecule has 1 heterocycles. The average Bonchev–Trinajstić information content (AvgIpc) is 2.61. The molecule has 1 aliphatic rings. The van der Waals surface area contributed by atoms with E-state index in [1.807, 2.05) is 31.2 Å². The van der Waals surface area contributed by atoms with E-state index >= 15 is 0 Å². The number of methoxy groups -OCH3 is 1. The third-order valence-electron chi connectivity index (χ3n) is 4.04. The number of ketones is 1. The molecule has 1 aliphatic heterocycles. The van der Waals surface area contributed by atoms with Crippen LogP contribution >= 0.6 is 0 Å². The second-order valence-corrected chi connectivity index (χ2v) is 5.70. The zero-order chi connectivity index (χ0) is 17.1. The van der Waals surface area contributed by atoms with Crippen molar-refractivity contribution in [1.82, 2.24) is 0 Å². The lowest BCUT2D eigenvalue weighted by atomic mass is 10.00. The molecule has 2 aromatic rings. The predicted octanol–water partition coefficient (Wildman–Crippen LogP) is 3.00. The van der Waals surface area contributed by atoms with E-state index < -0.39 is 0 Å². The van der Waals surface area contributed by atoms with E-state index in [0.29, 0.717) is 35.7 Å². The zero-order valence-electron chi connectivity index (χ0n) is 13.7. The van der Waals surface area contributed by atoms with Gasteiger partial charge in [0.1, 0.15) is 11.5 Å². The highest BCUT2D eigenvalue weighted by Gasteiger charge is 2.27. The number of amides is 1. The second-order valence-electron chi connectivity index (χ2n) is 5.70. The summed E-state index contributed by atoms with van der Waals surface area (Å²) < 4.78 is 10.7. The van der Waals surface area contributed by atoms with Gasteiger partial charge in [0.05, 0.1) is 12.8 Å². The van der Waals surface area contributed by atoms with Gasteiger partial charge in [-0.25, -0.2) is 0 Å². The minimum atomic E-state index is -0.172. The molecule has 0 radical (unpaired) electrons. The van der Waals surface area contributed by atoms with Crippen LogP contribution in [0.1, 0.15) is 22.3 Å². The van der Waals surface area contributed by atoms with Crippen molar-refractivity contribution in [1.29, 1.82) is 0 Å². The summed E-state index contributed by atoms with van der Waals surface area (Å²) in [6.45, 7) is 2.29. The van der Waals surface area contributed by atoms with Crippen LogP contribution in [0.5, 0.6) is 11.5 Å². The van der Waals surface area contributed by atoms with Crippen LogP contribution in [0.3, 0.4) is 0 Å². The van der Waals surface area contributed by atoms with Crippen molar-refractivity contribution in [3.05, 3.63) is 53.6 Å². The Morgan fingerprint density at radius 2 is 1.83 bits per heavy atom. The molecule has 0 atom stereocenters. The van der Waals surface area contributed by atoms with Crippen molar-refractivity contribution >= 4 is 17.4 Å². The zero-order valence-corrected chi connectivity index (χ0v) is 13.7. The van der Waals surface area contributed by atoms with E-state index in [-0.39, 0.29) is 18.3 Å². The van der Waals surface area contributed by atoms with Crippen LogP contribution in [0, 0.1) is 6.92 Å². The maximum atomic E-state index is 12.5. The number of carbonyl (C=O) groups is 2. The number of hydrogen-bond donors (Lipinski definition) is 0. The molecule has 0 aliphatic carbocycles. The highest BCUT2D eigenvalue weighted by molar-refractivity contribution is 6.09. The van der Waals surface area contributed by atoms with Gasteiger partial charge in [0.25, 0.3) is 5.91 Å². The van der Waals surface area contributed by atoms with Crippen molar-refractivity contribution < 1.29 is 19.1 Å². The van der Waals surface area contributed by atoms with Gasteiger partial charge in [-0.1, -0.05) is 17.7 Å². The SMILES string of the molecule is COc1ccc2c(c1)C(=O)CCN2C(=O)COc1ccc(C)cc1. The van der Waals surface area contributed by atoms with Gasteiger partial charge in [-0.05, 0) is 37.3 Å². The average molecular weight is 325 g/mol. The van der Waals surface area contributed by atoms with Crippen LogP contribution in [0.15, 0.2) is 42.5 Å². The number of aryl methyl sites for hydroxylation is 1. The summed E-state index contributed by atoms with van der Waals surface area (Å²) in [7, 11) is 1.55. The Hall–Kier alpha value is -2.82. The summed E-state index contributed by atoms with van der Waals surface area (Å²) in [5.74, 6) is 1.10. The lowest BCUT2D eigenvalue weighted by Crippen LogP contribution is -2.40. The van der Waals surface area contributed by atoms with Gasteiger partial charge in [0.15, 0.2) is 12.4 Å². The fraction of sp³-hybridized carbons (Fsp3) is 0.263. The fourth-order valence-corrected chi connectivity index (χ4v) is 2.69. The van der Waals surface area contributed by atoms with Gasteiger partial charge in [-0.2, -0.15) is 0 Å². The number of ether oxygens (including phenoxy) is 2. The molecule has 1 amide bonds. The van der Waals surface area contributed by atoms with E-state index in [4.69, 9.17) is 9.47 Å². The van der Waals surface area contributed by atoms with Crippen LogP contribution in [-0.2, 0) is 4.79 Å². The van der Waals surface area contributed by atoms with Crippen molar-refractivity contribution in [3.8, 4) is 11.5 Å². The fourth-order valence-electron chi connectivity index (χ4n) is 2.69. The summed E-state index contributed by atoms with van der Waals surface area (Å²) in [6.07, 6.45) is 0.302. The van der Waals surface area contributed by atoms with Gasteiger partial charge in [0.2, 0.25) is 0 Å². The molecule has 0 fully saturated rings. The van der Waals surface area contributed by atoms with Crippen molar-refractivity contribution in [2.24, 2.45) is 0 Å². The number of anilines is 1. The maximum absolute atomic E-state index is 12.5. The second kappa shape index (κ2) is 6.74. The molecule has 0 unspecified atom stereocenters. The Morgan fingerprint density at radius 1 is 1.12 bits per heavy atom. The molecular formula is C19H19NO4. The summed E-state index contributed by atoms with van der Waals surface area (Å²) in [4.78, 5) is 26.2. The first-order chi connectivity index (χ1) is 11.6. The molecular weight excluding hydrogens is 306 g/mol. The third kappa shape index (κ3) is 3.25. The largest absolute Gasteiger partial charge is 0.497 e. The first-order valence-corrected chi connectivity index (χ1v) is 7.79. The molecule has 3 rings (SSSR count). The molecule has 24 heavy (non-hydrogen) atoms. The lowest BCUT2D eigenvalue weighted by molar-refractivity contribution is -0.120. The molecule has 0 spiro atoms. The Bertz CT molecular complexity index is 767. The number of Topliss-reactive ketones (excluding diaryl/α,β-unsaturated/α-hetero) is 1. The number of hydrogen-bond acceptors (Lipinski definition) is 4. The number of rotatable bonds is 4. The normalized spacial score (nSPS) is 13.4. The van der Waals surface area contributed by atoms with Gasteiger partial charge in [0, 0.05) is 18.5 Å². The van der Waals surface area contributed by atoms with Crippen molar-refractivity contribution in [2.45, 2.75) is 13.3 Å². The highest BCUT2D eigenvalue weighted by atomic mass is 16.5. The Kier molecular flexibility index (Phi) is 4.51. The van der Waals surface area contributed by atoms with Gasteiger partial charge in [-0.15, -0.1) is 0 Å². The standard InChI is InChI=1S/C19H19NO4/c1-13-3-5-14(6-4-13)24-12-19(22)20-10-9-18(21)16-11-15(23-2)7-8-17(16)20/h3-8,11H,9-10,12H2,1-2H3.